The maximum Gasteiger partial charge on any atom is 0.191 e. The van der Waals surface area contributed by atoms with Gasteiger partial charge >= 0.3 is 0 Å². The van der Waals surface area contributed by atoms with E-state index in [9.17, 15) is 8.78 Å². The minimum atomic E-state index is -0.743. The Balaban J connectivity index is 1.25. The lowest BCUT2D eigenvalue weighted by Gasteiger charge is -2.41. The standard InChI is InChI=1S/C21H22F2N6OS/c1-30-19-13(22)2-3-15(18(19)23)31-17-11-25-16(10-26-17)28-8-5-21(6-9-28)12-29-14(20(21)24)4-7-27-29/h2-4,7,10-11,20H,5-6,8-9,12,24H2,1H3/t20-/m1/s1. The van der Waals surface area contributed by atoms with Gasteiger partial charge in [-0.15, -0.1) is 0 Å². The molecule has 0 unspecified atom stereocenters. The van der Waals surface area contributed by atoms with Gasteiger partial charge in [0.2, 0.25) is 0 Å². The summed E-state index contributed by atoms with van der Waals surface area (Å²) in [6.07, 6.45) is 7.02. The Labute approximate surface area is 182 Å². The molecular formula is C21H22F2N6OS. The summed E-state index contributed by atoms with van der Waals surface area (Å²) >= 11 is 1.08. The summed E-state index contributed by atoms with van der Waals surface area (Å²) in [5, 5.41) is 4.90. The Hall–Kier alpha value is -2.72. The number of methoxy groups -OCH3 is 1. The molecule has 4 heterocycles. The first kappa shape index (κ1) is 20.2. The van der Waals surface area contributed by atoms with Crippen molar-refractivity contribution in [3.05, 3.63) is 54.1 Å². The van der Waals surface area contributed by atoms with E-state index in [0.717, 1.165) is 55.7 Å². The second kappa shape index (κ2) is 7.76. The summed E-state index contributed by atoms with van der Waals surface area (Å²) in [5.74, 6) is -1.10. The minimum Gasteiger partial charge on any atom is -0.491 e. The van der Waals surface area contributed by atoms with Gasteiger partial charge in [0.15, 0.2) is 17.4 Å². The lowest BCUT2D eigenvalue weighted by Crippen LogP contribution is -2.45. The second-order valence-electron chi connectivity index (χ2n) is 7.95. The van der Waals surface area contributed by atoms with Crippen LogP contribution in [0.1, 0.15) is 24.6 Å². The van der Waals surface area contributed by atoms with Gasteiger partial charge in [0.1, 0.15) is 10.8 Å². The van der Waals surface area contributed by atoms with Crippen molar-refractivity contribution in [2.45, 2.75) is 35.3 Å². The maximum absolute atomic E-state index is 14.4. The fourth-order valence-electron chi connectivity index (χ4n) is 4.52. The van der Waals surface area contributed by atoms with Gasteiger partial charge in [-0.3, -0.25) is 4.68 Å². The van der Waals surface area contributed by atoms with Gasteiger partial charge in [-0.05, 0) is 31.0 Å². The third kappa shape index (κ3) is 3.43. The number of rotatable bonds is 4. The average Bonchev–Trinajstić information content (AvgIpc) is 3.33. The van der Waals surface area contributed by atoms with Gasteiger partial charge in [-0.1, -0.05) is 11.8 Å². The fraction of sp³-hybridized carbons (Fsp3) is 0.381. The SMILES string of the molecule is COc1c(F)ccc(Sc2cnc(N3CCC4(CC3)Cn3nccc3[C@H]4N)cn2)c1F. The van der Waals surface area contributed by atoms with Gasteiger partial charge in [-0.2, -0.15) is 5.10 Å². The Morgan fingerprint density at radius 2 is 1.97 bits per heavy atom. The molecular weight excluding hydrogens is 422 g/mol. The molecule has 1 atom stereocenters. The Bertz CT molecular complexity index is 1100. The molecule has 2 aliphatic rings. The number of hydrogen-bond donors (Lipinski definition) is 1. The number of aromatic nitrogens is 4. The van der Waals surface area contributed by atoms with Gasteiger partial charge < -0.3 is 15.4 Å². The number of ether oxygens (including phenoxy) is 1. The predicted molar refractivity (Wildman–Crippen MR) is 112 cm³/mol. The molecule has 1 aromatic carbocycles. The van der Waals surface area contributed by atoms with Crippen LogP contribution in [0.5, 0.6) is 5.75 Å². The van der Waals surface area contributed by atoms with Crippen LogP contribution < -0.4 is 15.4 Å². The van der Waals surface area contributed by atoms with E-state index in [2.05, 4.69) is 20.0 Å². The first-order chi connectivity index (χ1) is 15.0. The summed E-state index contributed by atoms with van der Waals surface area (Å²) in [4.78, 5) is 11.4. The molecule has 0 saturated carbocycles. The number of nitrogens with zero attached hydrogens (tertiary/aromatic N) is 5. The molecule has 0 radical (unpaired) electrons. The van der Waals surface area contributed by atoms with Crippen molar-refractivity contribution in [1.29, 1.82) is 0 Å². The van der Waals surface area contributed by atoms with Crippen molar-refractivity contribution >= 4 is 17.6 Å². The second-order valence-corrected chi connectivity index (χ2v) is 9.01. The lowest BCUT2D eigenvalue weighted by molar-refractivity contribution is 0.170. The monoisotopic (exact) mass is 444 g/mol. The van der Waals surface area contributed by atoms with E-state index >= 15 is 0 Å². The van der Waals surface area contributed by atoms with Gasteiger partial charge in [0, 0.05) is 31.2 Å². The minimum absolute atomic E-state index is 0.00427. The highest BCUT2D eigenvalue weighted by Crippen LogP contribution is 2.47. The number of hydrogen-bond acceptors (Lipinski definition) is 7. The van der Waals surface area contributed by atoms with Crippen LogP contribution in [0.15, 0.2) is 46.7 Å². The first-order valence-corrected chi connectivity index (χ1v) is 10.9. The average molecular weight is 445 g/mol. The fourth-order valence-corrected chi connectivity index (χ4v) is 5.27. The quantitative estimate of drug-likeness (QED) is 0.660. The zero-order valence-corrected chi connectivity index (χ0v) is 17.8. The van der Waals surface area contributed by atoms with Crippen molar-refractivity contribution in [1.82, 2.24) is 19.7 Å². The number of benzene rings is 1. The Kier molecular flexibility index (Phi) is 5.05. The van der Waals surface area contributed by atoms with Crippen molar-refractivity contribution < 1.29 is 13.5 Å². The lowest BCUT2D eigenvalue weighted by atomic mass is 9.73. The Morgan fingerprint density at radius 3 is 2.65 bits per heavy atom. The van der Waals surface area contributed by atoms with Crippen LogP contribution in [0.25, 0.3) is 0 Å². The van der Waals surface area contributed by atoms with Crippen LogP contribution in [-0.2, 0) is 6.54 Å². The molecule has 162 valence electrons. The zero-order valence-electron chi connectivity index (χ0n) is 17.0. The summed E-state index contributed by atoms with van der Waals surface area (Å²) in [5.41, 5.74) is 7.70. The first-order valence-electron chi connectivity index (χ1n) is 10.0. The molecule has 1 saturated heterocycles. The molecule has 5 rings (SSSR count). The Morgan fingerprint density at radius 1 is 1.16 bits per heavy atom. The third-order valence-corrected chi connectivity index (χ3v) is 7.28. The van der Waals surface area contributed by atoms with Crippen LogP contribution >= 0.6 is 11.8 Å². The van der Waals surface area contributed by atoms with Crippen LogP contribution in [0.2, 0.25) is 0 Å². The number of fused-ring (bicyclic) bond motifs is 1. The van der Waals surface area contributed by atoms with E-state index in [1.54, 1.807) is 18.6 Å². The van der Waals surface area contributed by atoms with E-state index in [4.69, 9.17) is 10.5 Å². The topological polar surface area (TPSA) is 82.1 Å². The molecule has 2 N–H and O–H groups in total. The molecule has 0 amide bonds. The van der Waals surface area contributed by atoms with E-state index in [0.29, 0.717) is 5.03 Å². The normalized spacial score (nSPS) is 19.6. The van der Waals surface area contributed by atoms with Crippen molar-refractivity contribution in [2.24, 2.45) is 11.1 Å². The molecule has 2 aliphatic heterocycles. The molecule has 31 heavy (non-hydrogen) atoms. The molecule has 1 fully saturated rings. The molecule has 1 spiro atoms. The van der Waals surface area contributed by atoms with Crippen molar-refractivity contribution in [2.75, 3.05) is 25.1 Å². The summed E-state index contributed by atoms with van der Waals surface area (Å²) < 4.78 is 34.8. The highest BCUT2D eigenvalue weighted by molar-refractivity contribution is 7.99. The molecule has 2 aromatic heterocycles. The highest BCUT2D eigenvalue weighted by Gasteiger charge is 2.46. The third-order valence-electron chi connectivity index (χ3n) is 6.32. The van der Waals surface area contributed by atoms with E-state index < -0.39 is 17.4 Å². The van der Waals surface area contributed by atoms with Crippen molar-refractivity contribution in [3.8, 4) is 5.75 Å². The smallest absolute Gasteiger partial charge is 0.191 e. The number of halogens is 2. The van der Waals surface area contributed by atoms with Crippen LogP contribution in [-0.4, -0.2) is 39.9 Å². The maximum atomic E-state index is 14.4. The summed E-state index contributed by atoms with van der Waals surface area (Å²) in [6, 6.07) is 4.56. The molecule has 0 bridgehead atoms. The molecule has 3 aromatic rings. The number of nitrogens with two attached hydrogens (primary N) is 1. The van der Waals surface area contributed by atoms with E-state index in [-0.39, 0.29) is 16.4 Å². The molecule has 10 heteroatoms. The van der Waals surface area contributed by atoms with Crippen LogP contribution in [0.4, 0.5) is 14.6 Å². The largest absolute Gasteiger partial charge is 0.491 e. The zero-order chi connectivity index (χ0) is 21.6. The summed E-state index contributed by atoms with van der Waals surface area (Å²) in [7, 11) is 1.24. The number of anilines is 1. The predicted octanol–water partition coefficient (Wildman–Crippen LogP) is 3.41. The highest BCUT2D eigenvalue weighted by atomic mass is 32.2. The summed E-state index contributed by atoms with van der Waals surface area (Å²) in [6.45, 7) is 2.53. The van der Waals surface area contributed by atoms with Crippen LogP contribution in [0.3, 0.4) is 0 Å². The van der Waals surface area contributed by atoms with E-state index in [1.165, 1.54) is 19.2 Å². The van der Waals surface area contributed by atoms with E-state index in [1.807, 2.05) is 10.7 Å². The van der Waals surface area contributed by atoms with Gasteiger partial charge in [0.25, 0.3) is 0 Å². The van der Waals surface area contributed by atoms with Gasteiger partial charge in [0.05, 0.1) is 36.1 Å². The molecule has 0 aliphatic carbocycles. The van der Waals surface area contributed by atoms with Crippen LogP contribution in [0, 0.1) is 17.0 Å². The van der Waals surface area contributed by atoms with Crippen molar-refractivity contribution in [3.63, 3.8) is 0 Å². The van der Waals surface area contributed by atoms with Gasteiger partial charge in [-0.25, -0.2) is 18.7 Å². The number of piperidine rings is 1. The molecule has 7 nitrogen and oxygen atoms in total.